The predicted molar refractivity (Wildman–Crippen MR) is 74.0 cm³/mol. The minimum absolute atomic E-state index is 0.257. The second-order valence-electron chi connectivity index (χ2n) is 4.07. The number of nitrogens with zero attached hydrogens (tertiary/aromatic N) is 2. The number of ether oxygens (including phenoxy) is 2. The molecule has 5 nitrogen and oxygen atoms in total. The molecule has 0 saturated heterocycles. The average Bonchev–Trinajstić information content (AvgIpc) is 2.38. The van der Waals surface area contributed by atoms with Gasteiger partial charge in [-0.2, -0.15) is 9.97 Å². The maximum absolute atomic E-state index is 6.11. The summed E-state index contributed by atoms with van der Waals surface area (Å²) in [6.45, 7) is 3.82. The Morgan fingerprint density at radius 2 is 1.68 bits per heavy atom. The molecular formula is C13H14ClN3O2. The summed E-state index contributed by atoms with van der Waals surface area (Å²) in [7, 11) is 1.49. The topological polar surface area (TPSA) is 70.3 Å². The maximum Gasteiger partial charge on any atom is 0.249 e. The van der Waals surface area contributed by atoms with Crippen LogP contribution in [0, 0.1) is 13.8 Å². The van der Waals surface area contributed by atoms with Crippen molar-refractivity contribution >= 4 is 17.3 Å². The Hall–Kier alpha value is -2.01. The lowest BCUT2D eigenvalue weighted by atomic mass is 10.1. The fraction of sp³-hybridized carbons (Fsp3) is 0.231. The molecule has 0 aliphatic rings. The molecule has 0 aliphatic carbocycles. The van der Waals surface area contributed by atoms with E-state index in [9.17, 15) is 0 Å². The third-order valence-corrected chi connectivity index (χ3v) is 3.22. The summed E-state index contributed by atoms with van der Waals surface area (Å²) in [6, 6.07) is 3.65. The molecule has 1 aromatic heterocycles. The SMILES string of the molecule is COc1ncnc(Oc2cc(C)c(Cl)c(C)c2)c1N. The van der Waals surface area contributed by atoms with Gasteiger partial charge in [-0.15, -0.1) is 0 Å². The third kappa shape index (κ3) is 2.71. The predicted octanol–water partition coefficient (Wildman–Crippen LogP) is 3.13. The fourth-order valence-electron chi connectivity index (χ4n) is 1.69. The molecule has 1 heterocycles. The number of halogens is 1. The number of methoxy groups -OCH3 is 1. The highest BCUT2D eigenvalue weighted by Crippen LogP contribution is 2.33. The Labute approximate surface area is 116 Å². The van der Waals surface area contributed by atoms with Crippen LogP contribution in [-0.4, -0.2) is 17.1 Å². The molecule has 0 amide bonds. The number of aryl methyl sites for hydroxylation is 2. The van der Waals surface area contributed by atoms with Gasteiger partial charge in [0.1, 0.15) is 12.1 Å². The Balaban J connectivity index is 2.36. The van der Waals surface area contributed by atoms with E-state index in [0.717, 1.165) is 16.1 Å². The van der Waals surface area contributed by atoms with Crippen molar-refractivity contribution in [2.75, 3.05) is 12.8 Å². The minimum Gasteiger partial charge on any atom is -0.479 e. The molecule has 6 heteroatoms. The van der Waals surface area contributed by atoms with Crippen molar-refractivity contribution in [2.24, 2.45) is 0 Å². The third-order valence-electron chi connectivity index (χ3n) is 2.63. The van der Waals surface area contributed by atoms with E-state index in [1.165, 1.54) is 13.4 Å². The fourth-order valence-corrected chi connectivity index (χ4v) is 1.79. The first kappa shape index (κ1) is 13.4. The zero-order chi connectivity index (χ0) is 14.0. The van der Waals surface area contributed by atoms with Crippen LogP contribution in [0.1, 0.15) is 11.1 Å². The van der Waals surface area contributed by atoms with Gasteiger partial charge < -0.3 is 15.2 Å². The van der Waals surface area contributed by atoms with Crippen LogP contribution in [0.3, 0.4) is 0 Å². The van der Waals surface area contributed by atoms with Gasteiger partial charge in [0.25, 0.3) is 0 Å². The monoisotopic (exact) mass is 279 g/mol. The van der Waals surface area contributed by atoms with E-state index in [-0.39, 0.29) is 17.4 Å². The number of nitrogens with two attached hydrogens (primary N) is 1. The quantitative estimate of drug-likeness (QED) is 0.935. The Morgan fingerprint density at radius 3 is 2.26 bits per heavy atom. The van der Waals surface area contributed by atoms with Gasteiger partial charge in [0.15, 0.2) is 5.69 Å². The highest BCUT2D eigenvalue weighted by molar-refractivity contribution is 6.32. The van der Waals surface area contributed by atoms with Crippen LogP contribution in [0.15, 0.2) is 18.5 Å². The van der Waals surface area contributed by atoms with Crippen LogP contribution >= 0.6 is 11.6 Å². The van der Waals surface area contributed by atoms with Crippen LogP contribution in [0.25, 0.3) is 0 Å². The first-order valence-corrected chi connectivity index (χ1v) is 5.99. The van der Waals surface area contributed by atoms with Crippen molar-refractivity contribution in [1.82, 2.24) is 9.97 Å². The Kier molecular flexibility index (Phi) is 3.76. The van der Waals surface area contributed by atoms with Crippen molar-refractivity contribution in [3.05, 3.63) is 34.6 Å². The van der Waals surface area contributed by atoms with Crippen LogP contribution in [0.5, 0.6) is 17.5 Å². The van der Waals surface area contributed by atoms with E-state index in [1.807, 2.05) is 26.0 Å². The van der Waals surface area contributed by atoms with Crippen molar-refractivity contribution in [2.45, 2.75) is 13.8 Å². The number of benzene rings is 1. The van der Waals surface area contributed by atoms with Gasteiger partial charge in [0.2, 0.25) is 11.8 Å². The van der Waals surface area contributed by atoms with Crippen LogP contribution in [-0.2, 0) is 0 Å². The highest BCUT2D eigenvalue weighted by atomic mass is 35.5. The number of rotatable bonds is 3. The minimum atomic E-state index is 0.257. The molecule has 19 heavy (non-hydrogen) atoms. The summed E-state index contributed by atoms with van der Waals surface area (Å²) in [4.78, 5) is 7.88. The largest absolute Gasteiger partial charge is 0.479 e. The van der Waals surface area contributed by atoms with E-state index in [2.05, 4.69) is 9.97 Å². The molecular weight excluding hydrogens is 266 g/mol. The molecule has 0 bridgehead atoms. The van der Waals surface area contributed by atoms with Crippen molar-refractivity contribution in [3.63, 3.8) is 0 Å². The van der Waals surface area contributed by atoms with E-state index in [1.54, 1.807) is 0 Å². The van der Waals surface area contributed by atoms with Crippen LogP contribution < -0.4 is 15.2 Å². The number of nitrogen functional groups attached to an aromatic ring is 1. The average molecular weight is 280 g/mol. The van der Waals surface area contributed by atoms with Gasteiger partial charge in [-0.3, -0.25) is 0 Å². The Bertz CT molecular complexity index is 594. The summed E-state index contributed by atoms with van der Waals surface area (Å²) in [5, 5.41) is 0.723. The molecule has 0 radical (unpaired) electrons. The van der Waals surface area contributed by atoms with E-state index < -0.39 is 0 Å². The van der Waals surface area contributed by atoms with E-state index in [4.69, 9.17) is 26.8 Å². The number of aromatic nitrogens is 2. The molecule has 0 unspecified atom stereocenters. The van der Waals surface area contributed by atoms with Crippen LogP contribution in [0.4, 0.5) is 5.69 Å². The van der Waals surface area contributed by atoms with Gasteiger partial charge in [0, 0.05) is 5.02 Å². The summed E-state index contributed by atoms with van der Waals surface area (Å²) < 4.78 is 10.7. The molecule has 2 N–H and O–H groups in total. The molecule has 0 fully saturated rings. The van der Waals surface area contributed by atoms with E-state index in [0.29, 0.717) is 5.75 Å². The summed E-state index contributed by atoms with van der Waals surface area (Å²) in [5.74, 6) is 1.16. The number of hydrogen-bond donors (Lipinski definition) is 1. The van der Waals surface area contributed by atoms with Gasteiger partial charge >= 0.3 is 0 Å². The first-order valence-electron chi connectivity index (χ1n) is 5.62. The molecule has 0 spiro atoms. The van der Waals surface area contributed by atoms with Gasteiger partial charge in [-0.1, -0.05) is 11.6 Å². The van der Waals surface area contributed by atoms with Crippen molar-refractivity contribution in [3.8, 4) is 17.5 Å². The Morgan fingerprint density at radius 1 is 1.11 bits per heavy atom. The number of hydrogen-bond acceptors (Lipinski definition) is 5. The van der Waals surface area contributed by atoms with Gasteiger partial charge in [-0.05, 0) is 37.1 Å². The number of anilines is 1. The zero-order valence-corrected chi connectivity index (χ0v) is 11.7. The van der Waals surface area contributed by atoms with Gasteiger partial charge in [0.05, 0.1) is 7.11 Å². The molecule has 2 rings (SSSR count). The van der Waals surface area contributed by atoms with Crippen molar-refractivity contribution in [1.29, 1.82) is 0 Å². The lowest BCUT2D eigenvalue weighted by Gasteiger charge is -2.11. The first-order chi connectivity index (χ1) is 9.02. The molecule has 100 valence electrons. The zero-order valence-electron chi connectivity index (χ0n) is 10.9. The lowest BCUT2D eigenvalue weighted by Crippen LogP contribution is -2.00. The molecule has 1 aromatic carbocycles. The standard InChI is InChI=1S/C13H14ClN3O2/c1-7-4-9(5-8(2)10(7)14)19-13-11(15)12(18-3)16-6-17-13/h4-6H,15H2,1-3H3. The normalized spacial score (nSPS) is 10.3. The summed E-state index contributed by atoms with van der Waals surface area (Å²) in [6.07, 6.45) is 1.33. The highest BCUT2D eigenvalue weighted by Gasteiger charge is 2.11. The lowest BCUT2D eigenvalue weighted by molar-refractivity contribution is 0.391. The van der Waals surface area contributed by atoms with Crippen molar-refractivity contribution < 1.29 is 9.47 Å². The second kappa shape index (κ2) is 5.32. The summed E-state index contributed by atoms with van der Waals surface area (Å²) in [5.41, 5.74) is 7.96. The summed E-state index contributed by atoms with van der Waals surface area (Å²) >= 11 is 6.11. The van der Waals surface area contributed by atoms with Crippen LogP contribution in [0.2, 0.25) is 5.02 Å². The molecule has 0 saturated carbocycles. The molecule has 0 atom stereocenters. The molecule has 0 aliphatic heterocycles. The smallest absolute Gasteiger partial charge is 0.249 e. The van der Waals surface area contributed by atoms with Gasteiger partial charge in [-0.25, -0.2) is 0 Å². The van der Waals surface area contributed by atoms with E-state index >= 15 is 0 Å². The molecule has 2 aromatic rings. The maximum atomic E-state index is 6.11. The second-order valence-corrected chi connectivity index (χ2v) is 4.45.